The van der Waals surface area contributed by atoms with E-state index < -0.39 is 21.8 Å². The van der Waals surface area contributed by atoms with E-state index in [0.717, 1.165) is 17.0 Å². The lowest BCUT2D eigenvalue weighted by molar-refractivity contribution is -0.137. The van der Waals surface area contributed by atoms with Crippen LogP contribution in [0.15, 0.2) is 64.6 Å². The van der Waals surface area contributed by atoms with Crippen LogP contribution in [-0.2, 0) is 16.2 Å². The number of halogens is 3. The highest BCUT2D eigenvalue weighted by Crippen LogP contribution is 2.35. The predicted molar refractivity (Wildman–Crippen MR) is 122 cm³/mol. The van der Waals surface area contributed by atoms with Crippen LogP contribution in [0.3, 0.4) is 0 Å². The van der Waals surface area contributed by atoms with Crippen molar-refractivity contribution in [1.29, 1.82) is 0 Å². The molecule has 2 aromatic heterocycles. The molecule has 0 aliphatic rings. The summed E-state index contributed by atoms with van der Waals surface area (Å²) in [4.78, 5) is 12.3. The van der Waals surface area contributed by atoms with Gasteiger partial charge < -0.3 is 10.3 Å². The third-order valence-electron chi connectivity index (χ3n) is 4.93. The van der Waals surface area contributed by atoms with E-state index in [0.29, 0.717) is 33.8 Å². The summed E-state index contributed by atoms with van der Waals surface area (Å²) in [7, 11) is -2.33. The van der Waals surface area contributed by atoms with E-state index in [4.69, 9.17) is 0 Å². The Hall–Kier alpha value is -3.09. The molecule has 0 saturated heterocycles. The molecule has 0 unspecified atom stereocenters. The highest BCUT2D eigenvalue weighted by Gasteiger charge is 2.30. The normalized spacial score (nSPS) is 12.3. The number of anilines is 2. The number of aromatic amines is 1. The molecule has 172 valence electrons. The number of rotatable bonds is 6. The molecule has 0 saturated carbocycles. The van der Waals surface area contributed by atoms with Gasteiger partial charge in [0, 0.05) is 10.6 Å². The molecule has 0 aliphatic carbocycles. The summed E-state index contributed by atoms with van der Waals surface area (Å²) in [6, 6.07) is 11.3. The van der Waals surface area contributed by atoms with Gasteiger partial charge in [-0.2, -0.15) is 13.2 Å². The Morgan fingerprint density at radius 3 is 2.55 bits per heavy atom. The van der Waals surface area contributed by atoms with E-state index in [1.165, 1.54) is 43.3 Å². The van der Waals surface area contributed by atoms with Crippen molar-refractivity contribution in [3.63, 3.8) is 0 Å². The van der Waals surface area contributed by atoms with Crippen molar-refractivity contribution < 1.29 is 21.6 Å². The van der Waals surface area contributed by atoms with Crippen LogP contribution in [0, 0.1) is 0 Å². The summed E-state index contributed by atoms with van der Waals surface area (Å²) in [6.07, 6.45) is -1.30. The molecule has 0 bridgehead atoms. The zero-order valence-electron chi connectivity index (χ0n) is 17.4. The topological polar surface area (TPSA) is 99.8 Å². The van der Waals surface area contributed by atoms with E-state index in [2.05, 4.69) is 25.0 Å². The smallest absolute Gasteiger partial charge is 0.339 e. The van der Waals surface area contributed by atoms with Crippen molar-refractivity contribution in [2.75, 3.05) is 18.6 Å². The standard InChI is InChI=1S/C21H18F3N5O2S2/c1-25-33(30,31)14-6-7-18(32-2)17(9-14)29-20-15-10-16(28-19(15)26-11-27-20)12-4-3-5-13(8-12)21(22,23)24/h3-11,25H,1-2H3,(H2,26,27,28,29). The molecule has 4 aromatic rings. The number of hydrogen-bond acceptors (Lipinski definition) is 6. The second-order valence-electron chi connectivity index (χ2n) is 6.94. The maximum Gasteiger partial charge on any atom is 0.416 e. The molecule has 2 aromatic carbocycles. The lowest BCUT2D eigenvalue weighted by Crippen LogP contribution is -2.18. The molecular weight excluding hydrogens is 475 g/mol. The fourth-order valence-corrected chi connectivity index (χ4v) is 4.55. The fraction of sp³-hybridized carbons (Fsp3) is 0.143. The van der Waals surface area contributed by atoms with Crippen molar-refractivity contribution >= 4 is 44.3 Å². The van der Waals surface area contributed by atoms with Gasteiger partial charge in [0.1, 0.15) is 17.8 Å². The SMILES string of the molecule is CNS(=O)(=O)c1ccc(SC)c(Nc2ncnc3[nH]c(-c4cccc(C(F)(F)F)c4)cc23)c1. The quantitative estimate of drug-likeness (QED) is 0.326. The summed E-state index contributed by atoms with van der Waals surface area (Å²) in [6.45, 7) is 0. The van der Waals surface area contributed by atoms with Crippen molar-refractivity contribution in [3.8, 4) is 11.3 Å². The minimum Gasteiger partial charge on any atom is -0.339 e. The Morgan fingerprint density at radius 1 is 1.06 bits per heavy atom. The monoisotopic (exact) mass is 493 g/mol. The maximum absolute atomic E-state index is 13.1. The summed E-state index contributed by atoms with van der Waals surface area (Å²) in [5.74, 6) is 0.379. The highest BCUT2D eigenvalue weighted by atomic mass is 32.2. The molecule has 33 heavy (non-hydrogen) atoms. The van der Waals surface area contributed by atoms with Crippen molar-refractivity contribution in [2.45, 2.75) is 16.0 Å². The molecule has 0 spiro atoms. The van der Waals surface area contributed by atoms with E-state index >= 15 is 0 Å². The first-order chi connectivity index (χ1) is 15.6. The van der Waals surface area contributed by atoms with E-state index in [1.54, 1.807) is 18.2 Å². The molecule has 0 fully saturated rings. The van der Waals surface area contributed by atoms with Crippen LogP contribution in [0.25, 0.3) is 22.3 Å². The average Bonchev–Trinajstić information content (AvgIpc) is 3.24. The maximum atomic E-state index is 13.1. The van der Waals surface area contributed by atoms with Crippen molar-refractivity contribution in [3.05, 3.63) is 60.4 Å². The van der Waals surface area contributed by atoms with Crippen LogP contribution >= 0.6 is 11.8 Å². The Labute approximate surface area is 191 Å². The van der Waals surface area contributed by atoms with E-state index in [9.17, 15) is 21.6 Å². The molecule has 0 aliphatic heterocycles. The molecular formula is C21H18F3N5O2S2. The van der Waals surface area contributed by atoms with Gasteiger partial charge in [-0.25, -0.2) is 23.1 Å². The lowest BCUT2D eigenvalue weighted by atomic mass is 10.1. The molecule has 2 heterocycles. The first-order valence-electron chi connectivity index (χ1n) is 9.52. The highest BCUT2D eigenvalue weighted by molar-refractivity contribution is 7.98. The van der Waals surface area contributed by atoms with Crippen molar-refractivity contribution in [1.82, 2.24) is 19.7 Å². The molecule has 12 heteroatoms. The van der Waals surface area contributed by atoms with Crippen LogP contribution < -0.4 is 10.0 Å². The average molecular weight is 494 g/mol. The third kappa shape index (κ3) is 4.68. The number of hydrogen-bond donors (Lipinski definition) is 3. The summed E-state index contributed by atoms with van der Waals surface area (Å²) in [5, 5.41) is 3.68. The second-order valence-corrected chi connectivity index (χ2v) is 9.68. The largest absolute Gasteiger partial charge is 0.416 e. The minimum atomic E-state index is -4.46. The summed E-state index contributed by atoms with van der Waals surface area (Å²) >= 11 is 1.42. The van der Waals surface area contributed by atoms with Gasteiger partial charge in [0.2, 0.25) is 10.0 Å². The van der Waals surface area contributed by atoms with Crippen LogP contribution in [0.5, 0.6) is 0 Å². The minimum absolute atomic E-state index is 0.0781. The number of thioether (sulfide) groups is 1. The Kier molecular flexibility index (Phi) is 6.08. The third-order valence-corrected chi connectivity index (χ3v) is 7.14. The number of fused-ring (bicyclic) bond motifs is 1. The zero-order chi connectivity index (χ0) is 23.8. The Bertz CT molecular complexity index is 1440. The summed E-state index contributed by atoms with van der Waals surface area (Å²) < 4.78 is 66.1. The fourth-order valence-electron chi connectivity index (χ4n) is 3.26. The number of benzene rings is 2. The van der Waals surface area contributed by atoms with Gasteiger partial charge in [0.15, 0.2) is 0 Å². The van der Waals surface area contributed by atoms with Gasteiger partial charge >= 0.3 is 6.18 Å². The Morgan fingerprint density at radius 2 is 1.85 bits per heavy atom. The number of sulfonamides is 1. The molecule has 0 radical (unpaired) electrons. The number of nitrogens with zero attached hydrogens (tertiary/aromatic N) is 2. The molecule has 4 rings (SSSR count). The van der Waals surface area contributed by atoms with Gasteiger partial charge in [0.05, 0.1) is 21.5 Å². The van der Waals surface area contributed by atoms with Crippen LogP contribution in [0.2, 0.25) is 0 Å². The number of alkyl halides is 3. The lowest BCUT2D eigenvalue weighted by Gasteiger charge is -2.12. The van der Waals surface area contributed by atoms with Gasteiger partial charge in [0.25, 0.3) is 0 Å². The van der Waals surface area contributed by atoms with Crippen LogP contribution in [0.4, 0.5) is 24.7 Å². The molecule has 0 amide bonds. The number of aromatic nitrogens is 3. The summed E-state index contributed by atoms with van der Waals surface area (Å²) in [5.41, 5.74) is 0.970. The van der Waals surface area contributed by atoms with Crippen LogP contribution in [0.1, 0.15) is 5.56 Å². The number of nitrogens with one attached hydrogen (secondary N) is 3. The predicted octanol–water partition coefficient (Wildman–Crippen LogP) is 5.02. The van der Waals surface area contributed by atoms with Gasteiger partial charge in [-0.1, -0.05) is 12.1 Å². The first-order valence-corrected chi connectivity index (χ1v) is 12.2. The van der Waals surface area contributed by atoms with Gasteiger partial charge in [-0.3, -0.25) is 0 Å². The molecule has 3 N–H and O–H groups in total. The zero-order valence-corrected chi connectivity index (χ0v) is 19.0. The molecule has 7 nitrogen and oxygen atoms in total. The first kappa shape index (κ1) is 23.1. The Balaban J connectivity index is 1.77. The number of H-pyrrole nitrogens is 1. The van der Waals surface area contributed by atoms with E-state index in [1.807, 2.05) is 6.26 Å². The van der Waals surface area contributed by atoms with Crippen molar-refractivity contribution in [2.24, 2.45) is 0 Å². The van der Waals surface area contributed by atoms with Crippen LogP contribution in [-0.4, -0.2) is 36.7 Å². The van der Waals surface area contributed by atoms with E-state index in [-0.39, 0.29) is 4.90 Å². The van der Waals surface area contributed by atoms with Gasteiger partial charge in [-0.05, 0) is 55.3 Å². The van der Waals surface area contributed by atoms with Gasteiger partial charge in [-0.15, -0.1) is 11.8 Å². The second kappa shape index (κ2) is 8.69. The molecule has 0 atom stereocenters.